The largest absolute Gasteiger partial charge is 0.495 e. The maximum atomic E-state index is 12.6. The van der Waals surface area contributed by atoms with Gasteiger partial charge >= 0.3 is 0 Å². The number of carbonyl (C=O) groups is 2. The molecule has 0 aromatic heterocycles. The van der Waals surface area contributed by atoms with E-state index >= 15 is 0 Å². The fourth-order valence-corrected chi connectivity index (χ4v) is 4.37. The summed E-state index contributed by atoms with van der Waals surface area (Å²) in [6, 6.07) is 8.24. The second kappa shape index (κ2) is 8.71. The number of rotatable bonds is 8. The van der Waals surface area contributed by atoms with Crippen LogP contribution >= 0.6 is 0 Å². The number of amides is 2. The van der Waals surface area contributed by atoms with Crippen LogP contribution in [0.5, 0.6) is 5.75 Å². The zero-order chi connectivity index (χ0) is 20.4. The number of carbonyl (C=O) groups excluding carboxylic acids is 2. The van der Waals surface area contributed by atoms with E-state index in [2.05, 4.69) is 21.2 Å². The van der Waals surface area contributed by atoms with Crippen LogP contribution in [0, 0.1) is 5.92 Å². The van der Waals surface area contributed by atoms with E-state index in [1.807, 2.05) is 25.1 Å². The summed E-state index contributed by atoms with van der Waals surface area (Å²) in [5.41, 5.74) is 1.14. The van der Waals surface area contributed by atoms with Gasteiger partial charge in [0.25, 0.3) is 0 Å². The number of methoxy groups -OCH3 is 1. The lowest BCUT2D eigenvalue weighted by atomic mass is 10.1. The molecule has 0 bridgehead atoms. The Labute approximate surface area is 173 Å². The highest BCUT2D eigenvalue weighted by atomic mass is 16.5. The first-order valence-corrected chi connectivity index (χ1v) is 10.8. The minimum atomic E-state index is -0.320. The summed E-state index contributed by atoms with van der Waals surface area (Å²) in [6.45, 7) is 7.16. The minimum absolute atomic E-state index is 0.0193. The predicted molar refractivity (Wildman–Crippen MR) is 112 cm³/mol. The van der Waals surface area contributed by atoms with Gasteiger partial charge in [-0.15, -0.1) is 0 Å². The number of benzene rings is 1. The molecule has 2 saturated heterocycles. The van der Waals surface area contributed by atoms with Crippen molar-refractivity contribution in [1.29, 1.82) is 0 Å². The first-order chi connectivity index (χ1) is 14.1. The number of para-hydroxylation sites is 2. The van der Waals surface area contributed by atoms with Gasteiger partial charge in [-0.05, 0) is 37.9 Å². The summed E-state index contributed by atoms with van der Waals surface area (Å²) < 4.78 is 5.48. The molecule has 2 unspecified atom stereocenters. The molecule has 1 N–H and O–H groups in total. The third-order valence-electron chi connectivity index (χ3n) is 6.33. The minimum Gasteiger partial charge on any atom is -0.495 e. The molecule has 7 nitrogen and oxygen atoms in total. The normalized spacial score (nSPS) is 25.7. The van der Waals surface area contributed by atoms with Gasteiger partial charge < -0.3 is 15.0 Å². The van der Waals surface area contributed by atoms with Crippen molar-refractivity contribution in [1.82, 2.24) is 15.1 Å². The van der Waals surface area contributed by atoms with E-state index < -0.39 is 0 Å². The Kier molecular flexibility index (Phi) is 6.06. The number of piperazine rings is 1. The summed E-state index contributed by atoms with van der Waals surface area (Å²) in [5.74, 6) is 0.618. The van der Waals surface area contributed by atoms with Gasteiger partial charge in [-0.3, -0.25) is 19.4 Å². The highest BCUT2D eigenvalue weighted by Crippen LogP contribution is 2.29. The molecule has 29 heavy (non-hydrogen) atoms. The molecule has 1 saturated carbocycles. The van der Waals surface area contributed by atoms with Crippen LogP contribution in [0.25, 0.3) is 0 Å². The number of hydrogen-bond acceptors (Lipinski definition) is 6. The Morgan fingerprint density at radius 1 is 1.03 bits per heavy atom. The van der Waals surface area contributed by atoms with Crippen molar-refractivity contribution in [2.24, 2.45) is 5.92 Å². The highest BCUT2D eigenvalue weighted by molar-refractivity contribution is 6.06. The van der Waals surface area contributed by atoms with Crippen LogP contribution < -0.4 is 15.0 Å². The molecule has 3 aliphatic rings. The summed E-state index contributed by atoms with van der Waals surface area (Å²) in [6.07, 6.45) is 3.06. The van der Waals surface area contributed by atoms with Crippen molar-refractivity contribution in [2.75, 3.05) is 51.3 Å². The lowest BCUT2D eigenvalue weighted by Crippen LogP contribution is -2.47. The molecule has 2 amide bonds. The summed E-state index contributed by atoms with van der Waals surface area (Å²) in [7, 11) is 1.71. The van der Waals surface area contributed by atoms with Crippen molar-refractivity contribution >= 4 is 17.5 Å². The van der Waals surface area contributed by atoms with E-state index in [4.69, 9.17) is 4.74 Å². The molecular weight excluding hydrogens is 368 g/mol. The third kappa shape index (κ3) is 4.41. The standard InChI is InChI=1S/C22H32N4O3/c1-16-20(23-17-8-9-17)22(28)26(21(16)27)11-5-10-24-12-14-25(15-13-24)18-6-3-4-7-19(18)29-2/h3-4,6-7,16-17,20,23H,5,8-15H2,1-2H3. The smallest absolute Gasteiger partial charge is 0.247 e. The van der Waals surface area contributed by atoms with Crippen LogP contribution in [0.15, 0.2) is 24.3 Å². The molecule has 1 aliphatic carbocycles. The zero-order valence-corrected chi connectivity index (χ0v) is 17.5. The molecule has 158 valence electrons. The second-order valence-electron chi connectivity index (χ2n) is 8.39. The first-order valence-electron chi connectivity index (χ1n) is 10.8. The number of nitrogens with one attached hydrogen (secondary N) is 1. The lowest BCUT2D eigenvalue weighted by Gasteiger charge is -2.36. The van der Waals surface area contributed by atoms with Crippen molar-refractivity contribution in [3.8, 4) is 5.75 Å². The van der Waals surface area contributed by atoms with Gasteiger partial charge in [-0.2, -0.15) is 0 Å². The molecule has 2 atom stereocenters. The number of likely N-dealkylation sites (tertiary alicyclic amines) is 1. The molecule has 2 aliphatic heterocycles. The van der Waals surface area contributed by atoms with E-state index in [0.717, 1.165) is 63.4 Å². The van der Waals surface area contributed by atoms with Crippen LogP contribution in [-0.2, 0) is 9.59 Å². The van der Waals surface area contributed by atoms with Crippen molar-refractivity contribution in [2.45, 2.75) is 38.3 Å². The number of anilines is 1. The summed E-state index contributed by atoms with van der Waals surface area (Å²) in [5, 5.41) is 3.34. The molecule has 0 spiro atoms. The molecule has 1 aromatic carbocycles. The molecule has 2 heterocycles. The highest BCUT2D eigenvalue weighted by Gasteiger charge is 2.46. The van der Waals surface area contributed by atoms with Crippen LogP contribution in [0.4, 0.5) is 5.69 Å². The van der Waals surface area contributed by atoms with Gasteiger partial charge in [-0.1, -0.05) is 19.1 Å². The zero-order valence-electron chi connectivity index (χ0n) is 17.5. The van der Waals surface area contributed by atoms with Gasteiger partial charge in [0, 0.05) is 38.8 Å². The Bertz CT molecular complexity index is 743. The number of imide groups is 1. The van der Waals surface area contributed by atoms with Gasteiger partial charge in [0.05, 0.1) is 24.8 Å². The molecule has 1 aromatic rings. The monoisotopic (exact) mass is 400 g/mol. The van der Waals surface area contributed by atoms with E-state index in [0.29, 0.717) is 12.6 Å². The Morgan fingerprint density at radius 3 is 2.45 bits per heavy atom. The van der Waals surface area contributed by atoms with E-state index in [1.54, 1.807) is 7.11 Å². The summed E-state index contributed by atoms with van der Waals surface area (Å²) in [4.78, 5) is 31.4. The van der Waals surface area contributed by atoms with Gasteiger partial charge in [0.1, 0.15) is 5.75 Å². The third-order valence-corrected chi connectivity index (χ3v) is 6.33. The fraction of sp³-hybridized carbons (Fsp3) is 0.636. The van der Waals surface area contributed by atoms with E-state index in [1.165, 1.54) is 4.90 Å². The number of ether oxygens (including phenoxy) is 1. The molecule has 3 fully saturated rings. The SMILES string of the molecule is COc1ccccc1N1CCN(CCCN2C(=O)C(C)C(NC3CC3)C2=O)CC1. The lowest BCUT2D eigenvalue weighted by molar-refractivity contribution is -0.139. The fourth-order valence-electron chi connectivity index (χ4n) is 4.37. The van der Waals surface area contributed by atoms with Gasteiger partial charge in [-0.25, -0.2) is 0 Å². The predicted octanol–water partition coefficient (Wildman–Crippen LogP) is 1.33. The molecule has 7 heteroatoms. The van der Waals surface area contributed by atoms with Crippen LogP contribution in [0.1, 0.15) is 26.2 Å². The average molecular weight is 401 g/mol. The Morgan fingerprint density at radius 2 is 1.76 bits per heavy atom. The average Bonchev–Trinajstić information content (AvgIpc) is 3.55. The van der Waals surface area contributed by atoms with Crippen molar-refractivity contribution in [3.63, 3.8) is 0 Å². The topological polar surface area (TPSA) is 65.1 Å². The number of nitrogens with zero attached hydrogens (tertiary/aromatic N) is 3. The molecule has 0 radical (unpaired) electrons. The van der Waals surface area contributed by atoms with Crippen LogP contribution in [-0.4, -0.2) is 80.1 Å². The second-order valence-corrected chi connectivity index (χ2v) is 8.39. The maximum Gasteiger partial charge on any atom is 0.247 e. The van der Waals surface area contributed by atoms with Crippen LogP contribution in [0.2, 0.25) is 0 Å². The van der Waals surface area contributed by atoms with Gasteiger partial charge in [0.15, 0.2) is 0 Å². The van der Waals surface area contributed by atoms with Gasteiger partial charge in [0.2, 0.25) is 11.8 Å². The number of hydrogen-bond donors (Lipinski definition) is 1. The Hall–Kier alpha value is -2.12. The van der Waals surface area contributed by atoms with Crippen molar-refractivity contribution in [3.05, 3.63) is 24.3 Å². The van der Waals surface area contributed by atoms with Crippen LogP contribution in [0.3, 0.4) is 0 Å². The summed E-state index contributed by atoms with van der Waals surface area (Å²) >= 11 is 0. The maximum absolute atomic E-state index is 12.6. The quantitative estimate of drug-likeness (QED) is 0.665. The molecular formula is C22H32N4O3. The van der Waals surface area contributed by atoms with E-state index in [-0.39, 0.29) is 23.8 Å². The Balaban J connectivity index is 1.23. The van der Waals surface area contributed by atoms with Crippen molar-refractivity contribution < 1.29 is 14.3 Å². The van der Waals surface area contributed by atoms with E-state index in [9.17, 15) is 9.59 Å². The first kappa shape index (κ1) is 20.2. The molecule has 4 rings (SSSR count).